The first-order valence-electron chi connectivity index (χ1n) is 6.01. The maximum absolute atomic E-state index is 13.3. The van der Waals surface area contributed by atoms with Gasteiger partial charge in [0.2, 0.25) is 0 Å². The summed E-state index contributed by atoms with van der Waals surface area (Å²) in [5.74, 6) is 0.445. The Kier molecular flexibility index (Phi) is 2.91. The van der Waals surface area contributed by atoms with Gasteiger partial charge in [0, 0.05) is 12.0 Å². The zero-order valence-corrected chi connectivity index (χ0v) is 10.5. The Morgan fingerprint density at radius 3 is 2.95 bits per heavy atom. The predicted octanol–water partition coefficient (Wildman–Crippen LogP) is 3.30. The minimum Gasteiger partial charge on any atom is -0.496 e. The van der Waals surface area contributed by atoms with E-state index in [9.17, 15) is 4.39 Å². The van der Waals surface area contributed by atoms with Crippen LogP contribution in [-0.4, -0.2) is 17.1 Å². The molecule has 3 nitrogen and oxygen atoms in total. The molecule has 4 heteroatoms. The third-order valence-corrected chi connectivity index (χ3v) is 3.12. The van der Waals surface area contributed by atoms with Crippen molar-refractivity contribution >= 4 is 11.0 Å². The molecule has 0 atom stereocenters. The Labute approximate surface area is 110 Å². The van der Waals surface area contributed by atoms with Crippen LogP contribution < -0.4 is 4.74 Å². The fourth-order valence-corrected chi connectivity index (χ4v) is 2.19. The first-order chi connectivity index (χ1) is 9.26. The quantitative estimate of drug-likeness (QED) is 0.780. The first-order valence-corrected chi connectivity index (χ1v) is 6.01. The molecule has 1 aromatic heterocycles. The summed E-state index contributed by atoms with van der Waals surface area (Å²) in [6, 6.07) is 10.5. The van der Waals surface area contributed by atoms with Crippen molar-refractivity contribution in [1.29, 1.82) is 0 Å². The summed E-state index contributed by atoms with van der Waals surface area (Å²) >= 11 is 0. The van der Waals surface area contributed by atoms with Gasteiger partial charge in [-0.2, -0.15) is 0 Å². The minimum atomic E-state index is -0.253. The van der Waals surface area contributed by atoms with E-state index in [0.717, 1.165) is 22.2 Å². The van der Waals surface area contributed by atoms with Gasteiger partial charge >= 0.3 is 0 Å². The number of rotatable bonds is 3. The number of aromatic amines is 1. The third-order valence-electron chi connectivity index (χ3n) is 3.12. The zero-order valence-electron chi connectivity index (χ0n) is 10.5. The second-order valence-corrected chi connectivity index (χ2v) is 4.39. The number of halogens is 1. The zero-order chi connectivity index (χ0) is 13.2. The molecule has 0 aliphatic rings. The molecule has 1 heterocycles. The number of aromatic nitrogens is 2. The number of nitrogens with zero attached hydrogens (tertiary/aromatic N) is 1. The van der Waals surface area contributed by atoms with E-state index in [0.29, 0.717) is 12.2 Å². The Balaban J connectivity index is 1.97. The number of methoxy groups -OCH3 is 1. The number of imidazole rings is 1. The van der Waals surface area contributed by atoms with Gasteiger partial charge in [0.15, 0.2) is 0 Å². The van der Waals surface area contributed by atoms with Gasteiger partial charge in [-0.25, -0.2) is 9.37 Å². The first kappa shape index (κ1) is 11.7. The molecule has 0 unspecified atom stereocenters. The maximum atomic E-state index is 13.3. The molecule has 0 radical (unpaired) electrons. The minimum absolute atomic E-state index is 0.253. The number of ether oxygens (including phenoxy) is 1. The summed E-state index contributed by atoms with van der Waals surface area (Å²) in [6.07, 6.45) is 2.28. The van der Waals surface area contributed by atoms with Crippen LogP contribution in [0.15, 0.2) is 42.7 Å². The fourth-order valence-electron chi connectivity index (χ4n) is 2.19. The van der Waals surface area contributed by atoms with Crippen LogP contribution in [0.2, 0.25) is 0 Å². The van der Waals surface area contributed by atoms with Crippen LogP contribution in [0, 0.1) is 5.82 Å². The van der Waals surface area contributed by atoms with Crippen molar-refractivity contribution in [2.24, 2.45) is 0 Å². The lowest BCUT2D eigenvalue weighted by molar-refractivity contribution is 0.409. The topological polar surface area (TPSA) is 37.9 Å². The molecule has 0 saturated carbocycles. The smallest absolute Gasteiger partial charge is 0.123 e. The summed E-state index contributed by atoms with van der Waals surface area (Å²) < 4.78 is 18.6. The fraction of sp³-hybridized carbons (Fsp3) is 0.133. The van der Waals surface area contributed by atoms with Gasteiger partial charge in [-0.3, -0.25) is 0 Å². The standard InChI is InChI=1S/C15H13FN2O/c1-19-15-5-3-12(16)8-11(15)6-10-2-4-13-14(7-10)18-9-17-13/h2-5,7-9H,6H2,1H3,(H,17,18). The summed E-state index contributed by atoms with van der Waals surface area (Å²) in [5, 5.41) is 0. The molecule has 0 spiro atoms. The van der Waals surface area contributed by atoms with Gasteiger partial charge in [-0.15, -0.1) is 0 Å². The van der Waals surface area contributed by atoms with Crippen LogP contribution >= 0.6 is 0 Å². The van der Waals surface area contributed by atoms with Gasteiger partial charge in [0.05, 0.1) is 24.5 Å². The largest absolute Gasteiger partial charge is 0.496 e. The number of H-pyrrole nitrogens is 1. The molecular formula is C15H13FN2O. The van der Waals surface area contributed by atoms with E-state index in [2.05, 4.69) is 9.97 Å². The molecule has 19 heavy (non-hydrogen) atoms. The van der Waals surface area contributed by atoms with Crippen LogP contribution in [0.1, 0.15) is 11.1 Å². The van der Waals surface area contributed by atoms with E-state index in [-0.39, 0.29) is 5.82 Å². The summed E-state index contributed by atoms with van der Waals surface area (Å²) in [4.78, 5) is 7.27. The van der Waals surface area contributed by atoms with E-state index in [4.69, 9.17) is 4.74 Å². The van der Waals surface area contributed by atoms with Crippen molar-refractivity contribution in [3.63, 3.8) is 0 Å². The highest BCUT2D eigenvalue weighted by atomic mass is 19.1. The number of hydrogen-bond donors (Lipinski definition) is 1. The van der Waals surface area contributed by atoms with Crippen molar-refractivity contribution in [2.75, 3.05) is 7.11 Å². The monoisotopic (exact) mass is 256 g/mol. The second kappa shape index (κ2) is 4.72. The molecule has 0 bridgehead atoms. The molecule has 0 aliphatic carbocycles. The molecule has 2 aromatic carbocycles. The van der Waals surface area contributed by atoms with Crippen LogP contribution in [0.25, 0.3) is 11.0 Å². The van der Waals surface area contributed by atoms with Gasteiger partial charge < -0.3 is 9.72 Å². The van der Waals surface area contributed by atoms with Crippen LogP contribution in [0.5, 0.6) is 5.75 Å². The lowest BCUT2D eigenvalue weighted by Crippen LogP contribution is -1.95. The van der Waals surface area contributed by atoms with Crippen LogP contribution in [0.3, 0.4) is 0 Å². The molecule has 3 aromatic rings. The molecule has 96 valence electrons. The summed E-state index contributed by atoms with van der Waals surface area (Å²) in [6.45, 7) is 0. The predicted molar refractivity (Wildman–Crippen MR) is 71.9 cm³/mol. The maximum Gasteiger partial charge on any atom is 0.123 e. The normalized spacial score (nSPS) is 10.8. The molecule has 1 N–H and O–H groups in total. The highest BCUT2D eigenvalue weighted by molar-refractivity contribution is 5.75. The molecule has 0 saturated heterocycles. The SMILES string of the molecule is COc1ccc(F)cc1Cc1ccc2[nH]cnc2c1. The Morgan fingerprint density at radius 2 is 2.11 bits per heavy atom. The Morgan fingerprint density at radius 1 is 1.21 bits per heavy atom. The van der Waals surface area contributed by atoms with E-state index < -0.39 is 0 Å². The van der Waals surface area contributed by atoms with Gasteiger partial charge in [-0.1, -0.05) is 6.07 Å². The van der Waals surface area contributed by atoms with Crippen LogP contribution in [0.4, 0.5) is 4.39 Å². The van der Waals surface area contributed by atoms with Gasteiger partial charge in [0.1, 0.15) is 11.6 Å². The molecule has 3 rings (SSSR count). The lowest BCUT2D eigenvalue weighted by atomic mass is 10.0. The molecule has 0 fully saturated rings. The number of hydrogen-bond acceptors (Lipinski definition) is 2. The van der Waals surface area contributed by atoms with Crippen molar-refractivity contribution in [3.8, 4) is 5.75 Å². The Bertz CT molecular complexity index is 721. The number of nitrogens with one attached hydrogen (secondary N) is 1. The van der Waals surface area contributed by atoms with Crippen molar-refractivity contribution < 1.29 is 9.13 Å². The van der Waals surface area contributed by atoms with Gasteiger partial charge in [0.25, 0.3) is 0 Å². The van der Waals surface area contributed by atoms with E-state index in [1.165, 1.54) is 12.1 Å². The highest BCUT2D eigenvalue weighted by Gasteiger charge is 2.07. The average molecular weight is 256 g/mol. The average Bonchev–Trinajstić information content (AvgIpc) is 2.86. The third kappa shape index (κ3) is 2.29. The lowest BCUT2D eigenvalue weighted by Gasteiger charge is -2.08. The van der Waals surface area contributed by atoms with E-state index in [1.54, 1.807) is 19.5 Å². The molecule has 0 amide bonds. The summed E-state index contributed by atoms with van der Waals surface area (Å²) in [7, 11) is 1.59. The van der Waals surface area contributed by atoms with Crippen LogP contribution in [-0.2, 0) is 6.42 Å². The summed E-state index contributed by atoms with van der Waals surface area (Å²) in [5.41, 5.74) is 3.81. The molecule has 0 aliphatic heterocycles. The molecular weight excluding hydrogens is 243 g/mol. The second-order valence-electron chi connectivity index (χ2n) is 4.39. The van der Waals surface area contributed by atoms with E-state index in [1.807, 2.05) is 18.2 Å². The van der Waals surface area contributed by atoms with Crippen molar-refractivity contribution in [2.45, 2.75) is 6.42 Å². The highest BCUT2D eigenvalue weighted by Crippen LogP contribution is 2.23. The van der Waals surface area contributed by atoms with Crippen molar-refractivity contribution in [1.82, 2.24) is 9.97 Å². The number of fused-ring (bicyclic) bond motifs is 1. The van der Waals surface area contributed by atoms with Gasteiger partial charge in [-0.05, 0) is 35.9 Å². The van der Waals surface area contributed by atoms with Crippen molar-refractivity contribution in [3.05, 3.63) is 59.7 Å². The number of benzene rings is 2. The Hall–Kier alpha value is -2.36. The van der Waals surface area contributed by atoms with E-state index >= 15 is 0 Å².